The van der Waals surface area contributed by atoms with Gasteiger partial charge in [-0.05, 0) is 13.3 Å². The number of nitrogens with one attached hydrogen (secondary N) is 1. The van der Waals surface area contributed by atoms with E-state index in [2.05, 4.69) is 30.1 Å². The van der Waals surface area contributed by atoms with Crippen molar-refractivity contribution in [1.82, 2.24) is 15.1 Å². The lowest BCUT2D eigenvalue weighted by molar-refractivity contribution is 0.734. The van der Waals surface area contributed by atoms with E-state index in [-0.39, 0.29) is 0 Å². The van der Waals surface area contributed by atoms with Crippen molar-refractivity contribution in [3.05, 3.63) is 29.6 Å². The second-order valence-electron chi connectivity index (χ2n) is 3.69. The molecule has 0 radical (unpaired) electrons. The van der Waals surface area contributed by atoms with Gasteiger partial charge >= 0.3 is 0 Å². The largest absolute Gasteiger partial charge is 0.309 e. The van der Waals surface area contributed by atoms with Crippen LogP contribution < -0.4 is 5.32 Å². The normalized spacial score (nSPS) is 10.5. The predicted octanol–water partition coefficient (Wildman–Crippen LogP) is 1.65. The molecule has 1 aromatic heterocycles. The van der Waals surface area contributed by atoms with Gasteiger partial charge in [0.15, 0.2) is 0 Å². The van der Waals surface area contributed by atoms with Crippen LogP contribution in [0, 0.1) is 0 Å². The van der Waals surface area contributed by atoms with E-state index in [9.17, 15) is 0 Å². The van der Waals surface area contributed by atoms with Crippen molar-refractivity contribution in [3.63, 3.8) is 0 Å². The Morgan fingerprint density at radius 2 is 2.36 bits per heavy atom. The van der Waals surface area contributed by atoms with E-state index in [1.54, 1.807) is 0 Å². The Labute approximate surface area is 85.8 Å². The summed E-state index contributed by atoms with van der Waals surface area (Å²) < 4.78 is 1.87. The molecule has 0 aromatic carbocycles. The fourth-order valence-electron chi connectivity index (χ4n) is 1.44. The van der Waals surface area contributed by atoms with Gasteiger partial charge in [0.1, 0.15) is 0 Å². The molecule has 0 spiro atoms. The Bertz CT molecular complexity index is 312. The molecule has 1 heterocycles. The third-order valence-electron chi connectivity index (χ3n) is 2.07. The number of aryl methyl sites for hydroxylation is 2. The van der Waals surface area contributed by atoms with Gasteiger partial charge in [0.25, 0.3) is 0 Å². The van der Waals surface area contributed by atoms with Crippen LogP contribution in [0.15, 0.2) is 18.3 Å². The molecule has 0 amide bonds. The highest BCUT2D eigenvalue weighted by Crippen LogP contribution is 2.06. The summed E-state index contributed by atoms with van der Waals surface area (Å²) in [6, 6.07) is 0. The molecule has 0 aliphatic carbocycles. The van der Waals surface area contributed by atoms with E-state index in [0.717, 1.165) is 25.1 Å². The zero-order chi connectivity index (χ0) is 10.6. The number of hydrogen-bond donors (Lipinski definition) is 1. The fourth-order valence-corrected chi connectivity index (χ4v) is 1.44. The molecule has 14 heavy (non-hydrogen) atoms. The minimum Gasteiger partial charge on any atom is -0.309 e. The fraction of sp³-hybridized carbons (Fsp3) is 0.545. The van der Waals surface area contributed by atoms with Gasteiger partial charge in [-0.3, -0.25) is 4.68 Å². The second-order valence-corrected chi connectivity index (χ2v) is 3.69. The molecule has 0 bridgehead atoms. The second kappa shape index (κ2) is 4.96. The molecule has 1 rings (SSSR count). The molecule has 1 N–H and O–H groups in total. The van der Waals surface area contributed by atoms with Crippen molar-refractivity contribution in [2.75, 3.05) is 6.54 Å². The average Bonchev–Trinajstić information content (AvgIpc) is 2.45. The minimum absolute atomic E-state index is 0.873. The van der Waals surface area contributed by atoms with Crippen LogP contribution in [0.5, 0.6) is 0 Å². The zero-order valence-electron chi connectivity index (χ0n) is 9.30. The molecule has 0 fully saturated rings. The average molecular weight is 193 g/mol. The summed E-state index contributed by atoms with van der Waals surface area (Å²) in [6.07, 6.45) is 3.06. The Kier molecular flexibility index (Phi) is 3.89. The Morgan fingerprint density at radius 1 is 1.64 bits per heavy atom. The van der Waals surface area contributed by atoms with E-state index < -0.39 is 0 Å². The van der Waals surface area contributed by atoms with Crippen molar-refractivity contribution < 1.29 is 0 Å². The van der Waals surface area contributed by atoms with Gasteiger partial charge in [-0.1, -0.05) is 19.1 Å². The highest BCUT2D eigenvalue weighted by molar-refractivity contribution is 5.16. The van der Waals surface area contributed by atoms with E-state index in [0.29, 0.717) is 0 Å². The Morgan fingerprint density at radius 3 is 2.93 bits per heavy atom. The van der Waals surface area contributed by atoms with Gasteiger partial charge in [0.2, 0.25) is 0 Å². The monoisotopic (exact) mass is 193 g/mol. The molecule has 0 aliphatic heterocycles. The van der Waals surface area contributed by atoms with Crippen molar-refractivity contribution in [1.29, 1.82) is 0 Å². The first-order valence-corrected chi connectivity index (χ1v) is 5.00. The van der Waals surface area contributed by atoms with Crippen molar-refractivity contribution in [2.24, 2.45) is 7.05 Å². The summed E-state index contributed by atoms with van der Waals surface area (Å²) in [5.74, 6) is 0. The molecular weight excluding hydrogens is 174 g/mol. The molecular formula is C11H19N3. The molecule has 0 unspecified atom stereocenters. The van der Waals surface area contributed by atoms with Gasteiger partial charge in [0, 0.05) is 31.9 Å². The number of hydrogen-bond acceptors (Lipinski definition) is 2. The lowest BCUT2D eigenvalue weighted by Crippen LogP contribution is -2.15. The highest BCUT2D eigenvalue weighted by Gasteiger charge is 2.04. The summed E-state index contributed by atoms with van der Waals surface area (Å²) in [5.41, 5.74) is 3.63. The first-order chi connectivity index (χ1) is 6.63. The summed E-state index contributed by atoms with van der Waals surface area (Å²) in [5, 5.41) is 7.72. The highest BCUT2D eigenvalue weighted by atomic mass is 15.3. The van der Waals surface area contributed by atoms with E-state index in [4.69, 9.17) is 0 Å². The molecule has 3 nitrogen and oxygen atoms in total. The Hall–Kier alpha value is -1.09. The van der Waals surface area contributed by atoms with Gasteiger partial charge < -0.3 is 5.32 Å². The lowest BCUT2D eigenvalue weighted by atomic mass is 10.2. The van der Waals surface area contributed by atoms with Crippen LogP contribution in [0.25, 0.3) is 0 Å². The van der Waals surface area contributed by atoms with Crippen LogP contribution in [-0.2, 0) is 20.0 Å². The quantitative estimate of drug-likeness (QED) is 0.721. The van der Waals surface area contributed by atoms with Crippen molar-refractivity contribution >= 4 is 0 Å². The molecule has 3 heteroatoms. The van der Waals surface area contributed by atoms with Crippen molar-refractivity contribution in [3.8, 4) is 0 Å². The number of rotatable bonds is 5. The van der Waals surface area contributed by atoms with Gasteiger partial charge in [-0.25, -0.2) is 0 Å². The molecule has 78 valence electrons. The van der Waals surface area contributed by atoms with Crippen LogP contribution >= 0.6 is 0 Å². The molecule has 0 saturated carbocycles. The molecule has 0 aliphatic rings. The van der Waals surface area contributed by atoms with Gasteiger partial charge in [-0.2, -0.15) is 5.10 Å². The maximum atomic E-state index is 4.38. The molecule has 0 saturated heterocycles. The van der Waals surface area contributed by atoms with Crippen molar-refractivity contribution in [2.45, 2.75) is 26.8 Å². The third-order valence-corrected chi connectivity index (χ3v) is 2.07. The summed E-state index contributed by atoms with van der Waals surface area (Å²) in [4.78, 5) is 0. The van der Waals surface area contributed by atoms with Gasteiger partial charge in [-0.15, -0.1) is 0 Å². The molecule has 1 aromatic rings. The van der Waals surface area contributed by atoms with Gasteiger partial charge in [0.05, 0.1) is 5.69 Å². The Balaban J connectivity index is 2.52. The maximum absolute atomic E-state index is 4.38. The SMILES string of the molecule is C=C(C)CNCc1cn(C)nc1CC. The molecule has 0 atom stereocenters. The third kappa shape index (κ3) is 3.00. The smallest absolute Gasteiger partial charge is 0.0666 e. The van der Waals surface area contributed by atoms with E-state index in [1.165, 1.54) is 11.3 Å². The van der Waals surface area contributed by atoms with Crippen LogP contribution in [0.4, 0.5) is 0 Å². The topological polar surface area (TPSA) is 29.9 Å². The van der Waals surface area contributed by atoms with E-state index in [1.807, 2.05) is 18.7 Å². The van der Waals surface area contributed by atoms with Crippen LogP contribution in [-0.4, -0.2) is 16.3 Å². The first-order valence-electron chi connectivity index (χ1n) is 5.00. The van der Waals surface area contributed by atoms with Crippen LogP contribution in [0.3, 0.4) is 0 Å². The predicted molar refractivity (Wildman–Crippen MR) is 59.1 cm³/mol. The van der Waals surface area contributed by atoms with Crippen LogP contribution in [0.1, 0.15) is 25.1 Å². The first kappa shape index (κ1) is 11.0. The summed E-state index contributed by atoms with van der Waals surface area (Å²) >= 11 is 0. The number of nitrogens with zero attached hydrogens (tertiary/aromatic N) is 2. The summed E-state index contributed by atoms with van der Waals surface area (Å²) in [6.45, 7) is 9.76. The zero-order valence-corrected chi connectivity index (χ0v) is 9.30. The minimum atomic E-state index is 0.873. The van der Waals surface area contributed by atoms with E-state index >= 15 is 0 Å². The maximum Gasteiger partial charge on any atom is 0.0666 e. The number of aromatic nitrogens is 2. The summed E-state index contributed by atoms with van der Waals surface area (Å²) in [7, 11) is 1.96. The lowest BCUT2D eigenvalue weighted by Gasteiger charge is -2.03. The van der Waals surface area contributed by atoms with Crippen LogP contribution in [0.2, 0.25) is 0 Å². The standard InChI is InChI=1S/C11H19N3/c1-5-11-10(8-14(4)13-11)7-12-6-9(2)3/h8,12H,2,5-7H2,1,3-4H3.